The maximum absolute atomic E-state index is 12.8. The minimum absolute atomic E-state index is 0.335. The summed E-state index contributed by atoms with van der Waals surface area (Å²) < 4.78 is 14.4. The van der Waals surface area contributed by atoms with Crippen LogP contribution in [-0.4, -0.2) is 22.9 Å². The number of piperidine rings is 1. The van der Waals surface area contributed by atoms with E-state index < -0.39 is 5.54 Å². The molecule has 2 heterocycles. The van der Waals surface area contributed by atoms with Gasteiger partial charge in [-0.15, -0.1) is 6.42 Å². The fourth-order valence-corrected chi connectivity index (χ4v) is 1.81. The van der Waals surface area contributed by atoms with Gasteiger partial charge in [0.05, 0.1) is 12.4 Å². The quantitative estimate of drug-likeness (QED) is 0.666. The zero-order valence-corrected chi connectivity index (χ0v) is 7.83. The molecule has 0 aliphatic carbocycles. The van der Waals surface area contributed by atoms with Gasteiger partial charge in [-0.3, -0.25) is 4.68 Å². The molecule has 74 valence electrons. The van der Waals surface area contributed by atoms with Crippen molar-refractivity contribution in [3.8, 4) is 12.3 Å². The number of hydrogen-bond acceptors (Lipinski definition) is 2. The smallest absolute Gasteiger partial charge is 0.161 e. The second-order valence-corrected chi connectivity index (χ2v) is 3.53. The SMILES string of the molecule is C#CC1(n2cc(F)cn2)CCNCC1. The number of rotatable bonds is 1. The molecule has 0 saturated carbocycles. The monoisotopic (exact) mass is 193 g/mol. The first-order valence-electron chi connectivity index (χ1n) is 4.66. The molecular formula is C10H12FN3. The number of halogens is 1. The van der Waals surface area contributed by atoms with Gasteiger partial charge in [0.2, 0.25) is 0 Å². The Bertz CT molecular complexity index is 358. The van der Waals surface area contributed by atoms with Crippen molar-refractivity contribution in [3.05, 3.63) is 18.2 Å². The first kappa shape index (κ1) is 9.22. The summed E-state index contributed by atoms with van der Waals surface area (Å²) in [6.45, 7) is 1.71. The minimum atomic E-state index is -0.435. The molecule has 0 bridgehead atoms. The van der Waals surface area contributed by atoms with E-state index in [4.69, 9.17) is 6.42 Å². The number of nitrogens with one attached hydrogen (secondary N) is 1. The summed E-state index contributed by atoms with van der Waals surface area (Å²) in [7, 11) is 0. The van der Waals surface area contributed by atoms with Crippen molar-refractivity contribution in [3.63, 3.8) is 0 Å². The zero-order chi connectivity index (χ0) is 10.0. The van der Waals surface area contributed by atoms with Gasteiger partial charge in [0, 0.05) is 0 Å². The Balaban J connectivity index is 2.32. The van der Waals surface area contributed by atoms with Gasteiger partial charge in [0.15, 0.2) is 5.82 Å². The average molecular weight is 193 g/mol. The molecule has 1 aromatic rings. The predicted octanol–water partition coefficient (Wildman–Crippen LogP) is 0.734. The van der Waals surface area contributed by atoms with Crippen LogP contribution in [0.3, 0.4) is 0 Å². The van der Waals surface area contributed by atoms with Crippen LogP contribution in [0.15, 0.2) is 12.4 Å². The molecule has 1 N–H and O–H groups in total. The third kappa shape index (κ3) is 1.40. The van der Waals surface area contributed by atoms with E-state index in [2.05, 4.69) is 16.3 Å². The summed E-state index contributed by atoms with van der Waals surface area (Å²) in [5.74, 6) is 2.41. The largest absolute Gasteiger partial charge is 0.316 e. The molecule has 4 heteroatoms. The molecular weight excluding hydrogens is 181 g/mol. The van der Waals surface area contributed by atoms with Crippen molar-refractivity contribution in [1.82, 2.24) is 15.1 Å². The molecule has 1 saturated heterocycles. The minimum Gasteiger partial charge on any atom is -0.316 e. The van der Waals surface area contributed by atoms with E-state index in [0.717, 1.165) is 25.9 Å². The van der Waals surface area contributed by atoms with Gasteiger partial charge < -0.3 is 5.32 Å². The normalized spacial score (nSPS) is 20.3. The highest BCUT2D eigenvalue weighted by Gasteiger charge is 2.32. The highest BCUT2D eigenvalue weighted by atomic mass is 19.1. The second-order valence-electron chi connectivity index (χ2n) is 3.53. The number of hydrogen-bond donors (Lipinski definition) is 1. The van der Waals surface area contributed by atoms with E-state index in [1.54, 1.807) is 4.68 Å². The summed E-state index contributed by atoms with van der Waals surface area (Å²) in [4.78, 5) is 0. The summed E-state index contributed by atoms with van der Waals surface area (Å²) >= 11 is 0. The van der Waals surface area contributed by atoms with Crippen LogP contribution < -0.4 is 5.32 Å². The summed E-state index contributed by atoms with van der Waals surface area (Å²) in [6.07, 6.45) is 9.67. The predicted molar refractivity (Wildman–Crippen MR) is 51.1 cm³/mol. The maximum atomic E-state index is 12.8. The number of nitrogens with zero attached hydrogens (tertiary/aromatic N) is 2. The standard InChI is InChI=1S/C10H12FN3/c1-2-10(3-5-12-6-4-10)14-8-9(11)7-13-14/h1,7-8,12H,3-6H2. The van der Waals surface area contributed by atoms with Gasteiger partial charge in [-0.05, 0) is 25.9 Å². The Morgan fingerprint density at radius 1 is 1.57 bits per heavy atom. The molecule has 2 rings (SSSR count). The van der Waals surface area contributed by atoms with E-state index in [1.165, 1.54) is 12.4 Å². The molecule has 0 aromatic carbocycles. The van der Waals surface area contributed by atoms with E-state index in [0.29, 0.717) is 0 Å². The Kier molecular flexibility index (Phi) is 2.26. The third-order valence-corrected chi connectivity index (χ3v) is 2.69. The molecule has 14 heavy (non-hydrogen) atoms. The van der Waals surface area contributed by atoms with Crippen LogP contribution in [0.4, 0.5) is 4.39 Å². The molecule has 0 amide bonds. The van der Waals surface area contributed by atoms with E-state index in [1.807, 2.05) is 0 Å². The van der Waals surface area contributed by atoms with Crippen LogP contribution in [0.25, 0.3) is 0 Å². The fourth-order valence-electron chi connectivity index (χ4n) is 1.81. The Labute approximate surface area is 82.3 Å². The van der Waals surface area contributed by atoms with Gasteiger partial charge in [0.25, 0.3) is 0 Å². The lowest BCUT2D eigenvalue weighted by atomic mass is 9.89. The number of aromatic nitrogens is 2. The Morgan fingerprint density at radius 3 is 2.79 bits per heavy atom. The molecule has 0 spiro atoms. The lowest BCUT2D eigenvalue weighted by molar-refractivity contribution is 0.259. The van der Waals surface area contributed by atoms with Crippen LogP contribution in [0.5, 0.6) is 0 Å². The van der Waals surface area contributed by atoms with Crippen LogP contribution in [0, 0.1) is 18.2 Å². The van der Waals surface area contributed by atoms with Crippen LogP contribution >= 0.6 is 0 Å². The van der Waals surface area contributed by atoms with Gasteiger partial charge in [-0.2, -0.15) is 5.10 Å². The molecule has 1 fully saturated rings. The van der Waals surface area contributed by atoms with Crippen molar-refractivity contribution in [1.29, 1.82) is 0 Å². The lowest BCUT2D eigenvalue weighted by Crippen LogP contribution is -2.43. The maximum Gasteiger partial charge on any atom is 0.161 e. The van der Waals surface area contributed by atoms with Gasteiger partial charge in [-0.25, -0.2) is 4.39 Å². The fraction of sp³-hybridized carbons (Fsp3) is 0.500. The zero-order valence-electron chi connectivity index (χ0n) is 7.83. The van der Waals surface area contributed by atoms with E-state index in [9.17, 15) is 4.39 Å². The Morgan fingerprint density at radius 2 is 2.29 bits per heavy atom. The third-order valence-electron chi connectivity index (χ3n) is 2.69. The van der Waals surface area contributed by atoms with Crippen LogP contribution in [0.2, 0.25) is 0 Å². The van der Waals surface area contributed by atoms with E-state index in [-0.39, 0.29) is 5.82 Å². The highest BCUT2D eigenvalue weighted by Crippen LogP contribution is 2.25. The van der Waals surface area contributed by atoms with Crippen molar-refractivity contribution in [2.24, 2.45) is 0 Å². The van der Waals surface area contributed by atoms with E-state index >= 15 is 0 Å². The molecule has 3 nitrogen and oxygen atoms in total. The first-order chi connectivity index (χ1) is 6.77. The molecule has 0 radical (unpaired) electrons. The lowest BCUT2D eigenvalue weighted by Gasteiger charge is -2.33. The van der Waals surface area contributed by atoms with Crippen molar-refractivity contribution in [2.75, 3.05) is 13.1 Å². The van der Waals surface area contributed by atoms with Crippen molar-refractivity contribution in [2.45, 2.75) is 18.4 Å². The van der Waals surface area contributed by atoms with Crippen LogP contribution in [0.1, 0.15) is 12.8 Å². The second kappa shape index (κ2) is 3.43. The van der Waals surface area contributed by atoms with Gasteiger partial charge in [0.1, 0.15) is 5.54 Å². The van der Waals surface area contributed by atoms with Crippen molar-refractivity contribution < 1.29 is 4.39 Å². The number of terminal acetylenes is 1. The molecule has 0 unspecified atom stereocenters. The van der Waals surface area contributed by atoms with Crippen molar-refractivity contribution >= 4 is 0 Å². The molecule has 0 atom stereocenters. The summed E-state index contributed by atoms with van der Waals surface area (Å²) in [5, 5.41) is 7.17. The Hall–Kier alpha value is -1.34. The highest BCUT2D eigenvalue weighted by molar-refractivity contribution is 5.12. The average Bonchev–Trinajstić information content (AvgIpc) is 2.66. The van der Waals surface area contributed by atoms with Gasteiger partial charge in [-0.1, -0.05) is 5.92 Å². The molecule has 1 aromatic heterocycles. The van der Waals surface area contributed by atoms with Gasteiger partial charge >= 0.3 is 0 Å². The summed E-state index contributed by atoms with van der Waals surface area (Å²) in [6, 6.07) is 0. The topological polar surface area (TPSA) is 29.9 Å². The van der Waals surface area contributed by atoms with Crippen LogP contribution in [-0.2, 0) is 5.54 Å². The first-order valence-corrected chi connectivity index (χ1v) is 4.66. The summed E-state index contributed by atoms with van der Waals surface area (Å²) in [5.41, 5.74) is -0.435. The molecule has 1 aliphatic rings. The molecule has 1 aliphatic heterocycles.